The van der Waals surface area contributed by atoms with Gasteiger partial charge in [0.2, 0.25) is 0 Å². The summed E-state index contributed by atoms with van der Waals surface area (Å²) < 4.78 is 4.35. The van der Waals surface area contributed by atoms with Crippen molar-refractivity contribution in [1.29, 1.82) is 15.8 Å². The second-order valence-electron chi connectivity index (χ2n) is 12.3. The molecule has 7 aromatic carbocycles. The van der Waals surface area contributed by atoms with Crippen molar-refractivity contribution in [2.24, 2.45) is 0 Å². The van der Waals surface area contributed by atoms with Crippen LogP contribution in [-0.4, -0.2) is 9.13 Å². The minimum atomic E-state index is 0.559. The van der Waals surface area contributed by atoms with Gasteiger partial charge in [0.05, 0.1) is 56.2 Å². The predicted molar refractivity (Wildman–Crippen MR) is 200 cm³/mol. The molecule has 0 aliphatic carbocycles. The van der Waals surface area contributed by atoms with Crippen LogP contribution in [0.15, 0.2) is 152 Å². The van der Waals surface area contributed by atoms with Crippen LogP contribution in [0.25, 0.3) is 77.2 Å². The molecule has 2 heterocycles. The third kappa shape index (κ3) is 4.24. The minimum absolute atomic E-state index is 0.559. The molecule has 0 bridgehead atoms. The zero-order chi connectivity index (χ0) is 33.8. The maximum Gasteiger partial charge on any atom is 0.101 e. The zero-order valence-electron chi connectivity index (χ0n) is 26.7. The Morgan fingerprint density at radius 2 is 1.00 bits per heavy atom. The quantitative estimate of drug-likeness (QED) is 0.193. The van der Waals surface area contributed by atoms with Crippen LogP contribution in [0.2, 0.25) is 0 Å². The van der Waals surface area contributed by atoms with Crippen molar-refractivity contribution in [3.05, 3.63) is 168 Å². The largest absolute Gasteiger partial charge is 0.308 e. The number of fused-ring (bicyclic) bond motifs is 6. The van der Waals surface area contributed by atoms with Crippen molar-refractivity contribution >= 4 is 43.6 Å². The predicted octanol–water partition coefficient (Wildman–Crippen LogP) is 10.8. The van der Waals surface area contributed by atoms with E-state index in [0.717, 1.165) is 77.2 Å². The lowest BCUT2D eigenvalue weighted by atomic mass is 9.92. The molecule has 230 valence electrons. The van der Waals surface area contributed by atoms with Crippen molar-refractivity contribution in [2.75, 3.05) is 0 Å². The summed E-state index contributed by atoms with van der Waals surface area (Å²) in [4.78, 5) is 0. The van der Waals surface area contributed by atoms with Gasteiger partial charge >= 0.3 is 0 Å². The summed E-state index contributed by atoms with van der Waals surface area (Å²) in [7, 11) is 0. The Labute approximate surface area is 287 Å². The van der Waals surface area contributed by atoms with Crippen molar-refractivity contribution in [3.8, 4) is 51.8 Å². The van der Waals surface area contributed by atoms with Gasteiger partial charge in [-0.05, 0) is 71.3 Å². The zero-order valence-corrected chi connectivity index (χ0v) is 26.7. The molecular weight excluding hydrogens is 611 g/mol. The second kappa shape index (κ2) is 11.4. The summed E-state index contributed by atoms with van der Waals surface area (Å²) in [5.74, 6) is 0. The van der Waals surface area contributed by atoms with Gasteiger partial charge in [0, 0.05) is 27.1 Å². The second-order valence-corrected chi connectivity index (χ2v) is 12.3. The number of hydrogen-bond donors (Lipinski definition) is 0. The molecule has 50 heavy (non-hydrogen) atoms. The van der Waals surface area contributed by atoms with Crippen LogP contribution in [0, 0.1) is 34.0 Å². The van der Waals surface area contributed by atoms with Gasteiger partial charge in [-0.2, -0.15) is 15.8 Å². The van der Waals surface area contributed by atoms with E-state index in [0.29, 0.717) is 16.7 Å². The standard InChI is InChI=1S/C45H25N5/c46-26-29-20-23-43-39(24-29)38-16-9-10-32(28-48)45(38)50(43)42-19-8-3-13-35(42)34-12-2-1-11-33(34)30-21-22-31(27-47)44(25-30)49-40-17-6-4-14-36(40)37-15-5-7-18-41(37)49/h1-25H. The Morgan fingerprint density at radius 3 is 1.72 bits per heavy atom. The van der Waals surface area contributed by atoms with Crippen LogP contribution in [0.3, 0.4) is 0 Å². The summed E-state index contributed by atoms with van der Waals surface area (Å²) in [5.41, 5.74) is 11.2. The lowest BCUT2D eigenvalue weighted by molar-refractivity contribution is 1.17. The number of aromatic nitrogens is 2. The van der Waals surface area contributed by atoms with Crippen molar-refractivity contribution in [2.45, 2.75) is 0 Å². The lowest BCUT2D eigenvalue weighted by Crippen LogP contribution is -2.00. The number of rotatable bonds is 4. The highest BCUT2D eigenvalue weighted by atomic mass is 15.0. The van der Waals surface area contributed by atoms with Crippen LogP contribution in [-0.2, 0) is 0 Å². The molecule has 0 spiro atoms. The molecule has 9 aromatic rings. The normalized spacial score (nSPS) is 11.1. The number of hydrogen-bond acceptors (Lipinski definition) is 3. The molecule has 0 aliphatic heterocycles. The van der Waals surface area contributed by atoms with Gasteiger partial charge in [-0.3, -0.25) is 0 Å². The maximum absolute atomic E-state index is 10.3. The van der Waals surface area contributed by atoms with Crippen LogP contribution >= 0.6 is 0 Å². The van der Waals surface area contributed by atoms with Gasteiger partial charge in [-0.1, -0.05) is 97.1 Å². The van der Waals surface area contributed by atoms with E-state index in [4.69, 9.17) is 0 Å². The lowest BCUT2D eigenvalue weighted by Gasteiger charge is -2.18. The monoisotopic (exact) mass is 635 g/mol. The number of nitriles is 3. The van der Waals surface area contributed by atoms with Crippen molar-refractivity contribution < 1.29 is 0 Å². The highest BCUT2D eigenvalue weighted by Gasteiger charge is 2.21. The van der Waals surface area contributed by atoms with Gasteiger partial charge in [-0.15, -0.1) is 0 Å². The van der Waals surface area contributed by atoms with Crippen LogP contribution in [0.1, 0.15) is 16.7 Å². The van der Waals surface area contributed by atoms with Gasteiger partial charge in [-0.25, -0.2) is 0 Å². The molecule has 0 atom stereocenters. The topological polar surface area (TPSA) is 81.2 Å². The van der Waals surface area contributed by atoms with Gasteiger partial charge in [0.1, 0.15) is 12.1 Å². The molecule has 0 unspecified atom stereocenters. The van der Waals surface area contributed by atoms with Crippen LogP contribution in [0.5, 0.6) is 0 Å². The molecule has 0 fully saturated rings. The fraction of sp³-hybridized carbons (Fsp3) is 0. The van der Waals surface area contributed by atoms with E-state index >= 15 is 0 Å². The van der Waals surface area contributed by atoms with E-state index in [1.54, 1.807) is 0 Å². The Kier molecular flexibility index (Phi) is 6.56. The van der Waals surface area contributed by atoms with Crippen LogP contribution < -0.4 is 0 Å². The first-order valence-electron chi connectivity index (χ1n) is 16.3. The van der Waals surface area contributed by atoms with Gasteiger partial charge < -0.3 is 9.13 Å². The minimum Gasteiger partial charge on any atom is -0.308 e. The van der Waals surface area contributed by atoms with E-state index in [1.807, 2.05) is 97.1 Å². The average molecular weight is 636 g/mol. The number of benzene rings is 7. The van der Waals surface area contributed by atoms with E-state index in [2.05, 4.69) is 81.9 Å². The average Bonchev–Trinajstić information content (AvgIpc) is 3.70. The van der Waals surface area contributed by atoms with Gasteiger partial charge in [0.15, 0.2) is 0 Å². The number of nitrogens with zero attached hydrogens (tertiary/aromatic N) is 5. The van der Waals surface area contributed by atoms with E-state index in [1.165, 1.54) is 0 Å². The SMILES string of the molecule is N#Cc1ccc2c(c1)c1cccc(C#N)c1n2-c1ccccc1-c1ccccc1-c1ccc(C#N)c(-n2c3ccccc3c3ccccc32)c1. The molecule has 9 rings (SSSR count). The van der Waals surface area contributed by atoms with E-state index < -0.39 is 0 Å². The highest BCUT2D eigenvalue weighted by Crippen LogP contribution is 2.42. The first-order chi connectivity index (χ1) is 24.7. The molecule has 2 aromatic heterocycles. The summed E-state index contributed by atoms with van der Waals surface area (Å²) in [6, 6.07) is 57.8. The molecule has 0 amide bonds. The molecule has 5 heteroatoms. The molecule has 0 saturated carbocycles. The Hall–Kier alpha value is -7.39. The summed E-state index contributed by atoms with van der Waals surface area (Å²) >= 11 is 0. The summed E-state index contributed by atoms with van der Waals surface area (Å²) in [6.45, 7) is 0. The third-order valence-electron chi connectivity index (χ3n) is 9.65. The Morgan fingerprint density at radius 1 is 0.380 bits per heavy atom. The van der Waals surface area contributed by atoms with E-state index in [9.17, 15) is 15.8 Å². The van der Waals surface area contributed by atoms with Crippen molar-refractivity contribution in [3.63, 3.8) is 0 Å². The molecule has 0 aliphatic rings. The van der Waals surface area contributed by atoms with Crippen molar-refractivity contribution in [1.82, 2.24) is 9.13 Å². The smallest absolute Gasteiger partial charge is 0.101 e. The first kappa shape index (κ1) is 28.8. The molecule has 0 saturated heterocycles. The van der Waals surface area contributed by atoms with E-state index in [-0.39, 0.29) is 0 Å². The Balaban J connectivity index is 1.30. The van der Waals surface area contributed by atoms with Crippen LogP contribution in [0.4, 0.5) is 0 Å². The fourth-order valence-electron chi connectivity index (χ4n) is 7.51. The first-order valence-corrected chi connectivity index (χ1v) is 16.3. The maximum atomic E-state index is 10.3. The molecule has 5 nitrogen and oxygen atoms in total. The summed E-state index contributed by atoms with van der Waals surface area (Å²) in [6.07, 6.45) is 0. The fourth-order valence-corrected chi connectivity index (χ4v) is 7.51. The Bertz CT molecular complexity index is 2920. The van der Waals surface area contributed by atoms with Gasteiger partial charge in [0.25, 0.3) is 0 Å². The number of para-hydroxylation sites is 4. The molecular formula is C45H25N5. The molecule has 0 N–H and O–H groups in total. The molecule has 0 radical (unpaired) electrons. The summed E-state index contributed by atoms with van der Waals surface area (Å²) in [5, 5.41) is 34.4. The third-order valence-corrected chi connectivity index (χ3v) is 9.65. The highest BCUT2D eigenvalue weighted by molar-refractivity contribution is 6.12.